The summed E-state index contributed by atoms with van der Waals surface area (Å²) in [5, 5.41) is 10.6. The number of hydrogen-bond donors (Lipinski definition) is 1. The predicted molar refractivity (Wildman–Crippen MR) is 93.7 cm³/mol. The Morgan fingerprint density at radius 1 is 0.962 bits per heavy atom. The fourth-order valence-corrected chi connectivity index (χ4v) is 7.18. The standard InChI is InChI=1S/C21H27NO4/c1-21-8-7-12-11-4-3-10(23)9-13(11)17-18(20(26)22(2)19(17)25)16(12)14(21)5-6-15(21)24/h13-18,24H,3-9H2,1-2H3/t13-,14+,15+,16-,17-,18+,21+/m1/s1. The number of carbonyl (C=O) groups excluding carboxylic acids is 3. The highest BCUT2D eigenvalue weighted by molar-refractivity contribution is 6.06. The van der Waals surface area contributed by atoms with Crippen LogP contribution in [0.15, 0.2) is 11.1 Å². The molecule has 0 aromatic heterocycles. The molecule has 1 saturated heterocycles. The van der Waals surface area contributed by atoms with Gasteiger partial charge >= 0.3 is 0 Å². The van der Waals surface area contributed by atoms with E-state index >= 15 is 0 Å². The molecule has 2 amide bonds. The second-order valence-corrected chi connectivity index (χ2v) is 9.42. The highest BCUT2D eigenvalue weighted by Crippen LogP contribution is 2.64. The minimum atomic E-state index is -0.361. The summed E-state index contributed by atoms with van der Waals surface area (Å²) in [5.74, 6) is -0.336. The summed E-state index contributed by atoms with van der Waals surface area (Å²) in [6, 6.07) is 0. The Morgan fingerprint density at radius 3 is 2.46 bits per heavy atom. The number of imide groups is 1. The van der Waals surface area contributed by atoms with Gasteiger partial charge in [0.05, 0.1) is 17.9 Å². The third-order valence-electron chi connectivity index (χ3n) is 8.55. The molecule has 4 aliphatic carbocycles. The first-order valence-corrected chi connectivity index (χ1v) is 10.1. The molecule has 1 aliphatic heterocycles. The van der Waals surface area contributed by atoms with Gasteiger partial charge in [-0.3, -0.25) is 19.3 Å². The van der Waals surface area contributed by atoms with Crippen LogP contribution >= 0.6 is 0 Å². The maximum atomic E-state index is 13.1. The van der Waals surface area contributed by atoms with E-state index in [1.807, 2.05) is 0 Å². The number of carbonyl (C=O) groups is 3. The minimum Gasteiger partial charge on any atom is -0.393 e. The van der Waals surface area contributed by atoms with Crippen LogP contribution in [0.3, 0.4) is 0 Å². The molecule has 0 spiro atoms. The number of rotatable bonds is 0. The van der Waals surface area contributed by atoms with Crippen LogP contribution in [-0.2, 0) is 14.4 Å². The number of Topliss-reactive ketones (excluding diaryl/α,β-unsaturated/α-hetero) is 1. The molecule has 0 aromatic rings. The SMILES string of the molecule is CN1C(=O)[C@@H]2[C@H](C1=O)[C@@H]1CC(=O)CCC1=C1CC[C@]3(C)[C@@H](O)CC[C@H]3[C@@H]12. The molecule has 4 fully saturated rings. The topological polar surface area (TPSA) is 74.7 Å². The van der Waals surface area contributed by atoms with Gasteiger partial charge in [0.25, 0.3) is 0 Å². The van der Waals surface area contributed by atoms with Crippen LogP contribution in [0.1, 0.15) is 51.9 Å². The van der Waals surface area contributed by atoms with Crippen molar-refractivity contribution < 1.29 is 19.5 Å². The summed E-state index contributed by atoms with van der Waals surface area (Å²) in [4.78, 5) is 39.5. The van der Waals surface area contributed by atoms with E-state index in [-0.39, 0.29) is 58.7 Å². The molecule has 0 radical (unpaired) electrons. The predicted octanol–water partition coefficient (Wildman–Crippen LogP) is 2.08. The lowest BCUT2D eigenvalue weighted by atomic mass is 9.51. The number of allylic oxidation sites excluding steroid dienone is 2. The highest BCUT2D eigenvalue weighted by Gasteiger charge is 2.64. The number of likely N-dealkylation sites (tertiary alicyclic amines) is 1. The van der Waals surface area contributed by atoms with E-state index in [9.17, 15) is 19.5 Å². The van der Waals surface area contributed by atoms with Crippen molar-refractivity contribution in [2.45, 2.75) is 58.0 Å². The number of ketones is 1. The molecule has 0 aromatic carbocycles. The molecule has 140 valence electrons. The average molecular weight is 357 g/mol. The van der Waals surface area contributed by atoms with E-state index in [0.717, 1.165) is 32.1 Å². The van der Waals surface area contributed by atoms with Gasteiger partial charge in [-0.15, -0.1) is 0 Å². The second-order valence-electron chi connectivity index (χ2n) is 9.42. The van der Waals surface area contributed by atoms with Crippen molar-refractivity contribution in [1.29, 1.82) is 0 Å². The molecular formula is C21H27NO4. The van der Waals surface area contributed by atoms with Crippen LogP contribution in [0.4, 0.5) is 0 Å². The zero-order valence-corrected chi connectivity index (χ0v) is 15.5. The van der Waals surface area contributed by atoms with Gasteiger partial charge in [-0.1, -0.05) is 18.1 Å². The summed E-state index contributed by atoms with van der Waals surface area (Å²) in [7, 11) is 1.60. The summed E-state index contributed by atoms with van der Waals surface area (Å²) in [6.45, 7) is 2.17. The third kappa shape index (κ3) is 1.88. The van der Waals surface area contributed by atoms with Gasteiger partial charge in [-0.2, -0.15) is 0 Å². The van der Waals surface area contributed by atoms with E-state index in [1.54, 1.807) is 7.05 Å². The molecule has 5 rings (SSSR count). The summed E-state index contributed by atoms with van der Waals surface area (Å²) >= 11 is 0. The number of hydrogen-bond acceptors (Lipinski definition) is 4. The van der Waals surface area contributed by atoms with Crippen LogP contribution in [0.25, 0.3) is 0 Å². The normalized spacial score (nSPS) is 47.7. The first-order valence-electron chi connectivity index (χ1n) is 10.1. The van der Waals surface area contributed by atoms with Crippen LogP contribution in [0.2, 0.25) is 0 Å². The fourth-order valence-electron chi connectivity index (χ4n) is 7.18. The van der Waals surface area contributed by atoms with Gasteiger partial charge in [0.15, 0.2) is 0 Å². The van der Waals surface area contributed by atoms with Crippen LogP contribution in [0.5, 0.6) is 0 Å². The molecule has 0 unspecified atom stereocenters. The van der Waals surface area contributed by atoms with Crippen molar-refractivity contribution in [1.82, 2.24) is 4.90 Å². The maximum absolute atomic E-state index is 13.1. The number of aliphatic hydroxyl groups is 1. The van der Waals surface area contributed by atoms with Crippen molar-refractivity contribution in [3.05, 3.63) is 11.1 Å². The van der Waals surface area contributed by atoms with Crippen molar-refractivity contribution in [3.8, 4) is 0 Å². The molecule has 5 nitrogen and oxygen atoms in total. The smallest absolute Gasteiger partial charge is 0.233 e. The molecule has 5 aliphatic rings. The Hall–Kier alpha value is -1.49. The lowest BCUT2D eigenvalue weighted by Gasteiger charge is -2.52. The van der Waals surface area contributed by atoms with E-state index in [0.29, 0.717) is 12.8 Å². The Balaban J connectivity index is 1.68. The van der Waals surface area contributed by atoms with Gasteiger partial charge in [0, 0.05) is 19.9 Å². The Morgan fingerprint density at radius 2 is 1.69 bits per heavy atom. The molecule has 26 heavy (non-hydrogen) atoms. The first kappa shape index (κ1) is 16.7. The zero-order chi connectivity index (χ0) is 18.4. The third-order valence-corrected chi connectivity index (χ3v) is 8.55. The molecule has 7 atom stereocenters. The van der Waals surface area contributed by atoms with Crippen molar-refractivity contribution >= 4 is 17.6 Å². The van der Waals surface area contributed by atoms with E-state index in [2.05, 4.69) is 6.92 Å². The monoisotopic (exact) mass is 357 g/mol. The Kier molecular flexibility index (Phi) is 3.38. The zero-order valence-electron chi connectivity index (χ0n) is 15.5. The van der Waals surface area contributed by atoms with Gasteiger partial charge in [-0.05, 0) is 55.3 Å². The molecule has 0 bridgehead atoms. The van der Waals surface area contributed by atoms with E-state index < -0.39 is 0 Å². The Labute approximate surface area is 153 Å². The Bertz CT molecular complexity index is 755. The molecule has 1 N–H and O–H groups in total. The lowest BCUT2D eigenvalue weighted by molar-refractivity contribution is -0.138. The average Bonchev–Trinajstić information content (AvgIpc) is 3.04. The van der Waals surface area contributed by atoms with Crippen LogP contribution in [0, 0.1) is 35.0 Å². The fraction of sp³-hybridized carbons (Fsp3) is 0.762. The molecule has 3 saturated carbocycles. The lowest BCUT2D eigenvalue weighted by Crippen LogP contribution is -2.50. The van der Waals surface area contributed by atoms with Gasteiger partial charge < -0.3 is 5.11 Å². The van der Waals surface area contributed by atoms with Gasteiger partial charge in [0.1, 0.15) is 5.78 Å². The number of aliphatic hydroxyl groups excluding tert-OH is 1. The minimum absolute atomic E-state index is 0.0646. The quantitative estimate of drug-likeness (QED) is 0.532. The number of amides is 2. The van der Waals surface area contributed by atoms with Crippen LogP contribution < -0.4 is 0 Å². The summed E-state index contributed by atoms with van der Waals surface area (Å²) in [6.07, 6.45) is 5.01. The molecular weight excluding hydrogens is 330 g/mol. The van der Waals surface area contributed by atoms with Crippen molar-refractivity contribution in [3.63, 3.8) is 0 Å². The van der Waals surface area contributed by atoms with Gasteiger partial charge in [-0.25, -0.2) is 0 Å². The maximum Gasteiger partial charge on any atom is 0.233 e. The largest absolute Gasteiger partial charge is 0.393 e. The second kappa shape index (κ2) is 5.28. The van der Waals surface area contributed by atoms with Crippen molar-refractivity contribution in [2.24, 2.45) is 35.0 Å². The van der Waals surface area contributed by atoms with Crippen molar-refractivity contribution in [2.75, 3.05) is 7.05 Å². The first-order chi connectivity index (χ1) is 12.3. The highest BCUT2D eigenvalue weighted by atomic mass is 16.3. The van der Waals surface area contributed by atoms with E-state index in [1.165, 1.54) is 16.0 Å². The summed E-state index contributed by atoms with van der Waals surface area (Å²) in [5.41, 5.74) is 2.54. The van der Waals surface area contributed by atoms with E-state index in [4.69, 9.17) is 0 Å². The number of fused-ring (bicyclic) bond motifs is 7. The molecule has 5 heteroatoms. The number of nitrogens with zero attached hydrogens (tertiary/aromatic N) is 1. The van der Waals surface area contributed by atoms with Gasteiger partial charge in [0.2, 0.25) is 11.8 Å². The van der Waals surface area contributed by atoms with Crippen LogP contribution in [-0.4, -0.2) is 40.8 Å². The molecule has 1 heterocycles. The summed E-state index contributed by atoms with van der Waals surface area (Å²) < 4.78 is 0.